The minimum atomic E-state index is 0.841. The van der Waals surface area contributed by atoms with Gasteiger partial charge in [-0.15, -0.1) is 0 Å². The van der Waals surface area contributed by atoms with Crippen molar-refractivity contribution >= 4 is 0 Å². The summed E-state index contributed by atoms with van der Waals surface area (Å²) < 4.78 is 5.45. The van der Waals surface area contributed by atoms with Gasteiger partial charge in [0.1, 0.15) is 5.75 Å². The molecular formula is C15H23NO. The molecule has 1 saturated heterocycles. The summed E-state index contributed by atoms with van der Waals surface area (Å²) in [5.41, 5.74) is 2.88. The number of methoxy groups -OCH3 is 1. The lowest BCUT2D eigenvalue weighted by Crippen LogP contribution is -2.28. The van der Waals surface area contributed by atoms with E-state index in [4.69, 9.17) is 4.74 Å². The molecule has 2 nitrogen and oxygen atoms in total. The zero-order chi connectivity index (χ0) is 12.1. The second-order valence-corrected chi connectivity index (χ2v) is 4.85. The largest absolute Gasteiger partial charge is 0.496 e. The molecule has 94 valence electrons. The lowest BCUT2D eigenvalue weighted by Gasteiger charge is -2.24. The van der Waals surface area contributed by atoms with E-state index in [0.29, 0.717) is 0 Å². The van der Waals surface area contributed by atoms with Crippen LogP contribution in [0.25, 0.3) is 0 Å². The Morgan fingerprint density at radius 2 is 2.06 bits per heavy atom. The van der Waals surface area contributed by atoms with E-state index in [-0.39, 0.29) is 0 Å². The summed E-state index contributed by atoms with van der Waals surface area (Å²) in [5.74, 6) is 1.90. The molecule has 0 saturated carbocycles. The van der Waals surface area contributed by atoms with Gasteiger partial charge in [-0.3, -0.25) is 0 Å². The first kappa shape index (κ1) is 12.4. The van der Waals surface area contributed by atoms with Gasteiger partial charge in [0.15, 0.2) is 0 Å². The zero-order valence-corrected chi connectivity index (χ0v) is 11.0. The normalized spacial score (nSPS) is 17.1. The monoisotopic (exact) mass is 233 g/mol. The van der Waals surface area contributed by atoms with Crippen LogP contribution in [-0.2, 0) is 12.8 Å². The highest BCUT2D eigenvalue weighted by atomic mass is 16.5. The van der Waals surface area contributed by atoms with Crippen LogP contribution in [0.3, 0.4) is 0 Å². The Morgan fingerprint density at radius 3 is 2.71 bits per heavy atom. The van der Waals surface area contributed by atoms with Gasteiger partial charge in [-0.25, -0.2) is 0 Å². The average molecular weight is 233 g/mol. The molecule has 1 fully saturated rings. The number of rotatable bonds is 4. The highest BCUT2D eigenvalue weighted by Crippen LogP contribution is 2.27. The third-order valence-electron chi connectivity index (χ3n) is 3.77. The molecule has 1 aromatic carbocycles. The number of hydrogen-bond donors (Lipinski definition) is 1. The van der Waals surface area contributed by atoms with Crippen molar-refractivity contribution < 1.29 is 4.74 Å². The third kappa shape index (κ3) is 3.01. The lowest BCUT2D eigenvalue weighted by atomic mass is 9.88. The van der Waals surface area contributed by atoms with Crippen LogP contribution in [0.15, 0.2) is 18.2 Å². The number of piperidine rings is 1. The summed E-state index contributed by atoms with van der Waals surface area (Å²) in [6.07, 6.45) is 4.88. The third-order valence-corrected chi connectivity index (χ3v) is 3.77. The lowest BCUT2D eigenvalue weighted by molar-refractivity contribution is 0.370. The fraction of sp³-hybridized carbons (Fsp3) is 0.600. The fourth-order valence-corrected chi connectivity index (χ4v) is 2.79. The van der Waals surface area contributed by atoms with Gasteiger partial charge in [0.05, 0.1) is 7.11 Å². The van der Waals surface area contributed by atoms with Crippen molar-refractivity contribution in [3.63, 3.8) is 0 Å². The first-order valence-corrected chi connectivity index (χ1v) is 6.70. The van der Waals surface area contributed by atoms with Crippen molar-refractivity contribution in [1.29, 1.82) is 0 Å². The Kier molecular flexibility index (Phi) is 4.43. The Hall–Kier alpha value is -1.02. The summed E-state index contributed by atoms with van der Waals surface area (Å²) in [6.45, 7) is 4.57. The number of nitrogens with one attached hydrogen (secondary N) is 1. The molecular weight excluding hydrogens is 210 g/mol. The smallest absolute Gasteiger partial charge is 0.122 e. The number of hydrogen-bond acceptors (Lipinski definition) is 2. The molecule has 0 spiro atoms. The van der Waals surface area contributed by atoms with Crippen molar-refractivity contribution in [2.45, 2.75) is 32.6 Å². The van der Waals surface area contributed by atoms with Crippen molar-refractivity contribution in [3.05, 3.63) is 29.3 Å². The van der Waals surface area contributed by atoms with Crippen LogP contribution in [0.1, 0.15) is 30.9 Å². The van der Waals surface area contributed by atoms with E-state index in [1.807, 2.05) is 0 Å². The second kappa shape index (κ2) is 6.06. The molecule has 0 aliphatic carbocycles. The quantitative estimate of drug-likeness (QED) is 0.863. The van der Waals surface area contributed by atoms with Gasteiger partial charge < -0.3 is 10.1 Å². The molecule has 1 aliphatic heterocycles. The molecule has 2 heteroatoms. The van der Waals surface area contributed by atoms with Crippen LogP contribution < -0.4 is 10.1 Å². The van der Waals surface area contributed by atoms with Crippen LogP contribution in [0.5, 0.6) is 5.75 Å². The summed E-state index contributed by atoms with van der Waals surface area (Å²) >= 11 is 0. The second-order valence-electron chi connectivity index (χ2n) is 4.85. The number of benzene rings is 1. The maximum absolute atomic E-state index is 5.45. The van der Waals surface area contributed by atoms with E-state index < -0.39 is 0 Å². The summed E-state index contributed by atoms with van der Waals surface area (Å²) in [7, 11) is 1.77. The minimum Gasteiger partial charge on any atom is -0.496 e. The molecule has 1 N–H and O–H groups in total. The van der Waals surface area contributed by atoms with Crippen LogP contribution in [0.2, 0.25) is 0 Å². The van der Waals surface area contributed by atoms with E-state index in [0.717, 1.165) is 18.1 Å². The van der Waals surface area contributed by atoms with Gasteiger partial charge in [0.25, 0.3) is 0 Å². The first-order chi connectivity index (χ1) is 8.35. The Labute approximate surface area is 104 Å². The molecule has 0 unspecified atom stereocenters. The Morgan fingerprint density at radius 1 is 1.29 bits per heavy atom. The van der Waals surface area contributed by atoms with Gasteiger partial charge in [-0.2, -0.15) is 0 Å². The molecule has 2 rings (SSSR count). The molecule has 1 heterocycles. The Balaban J connectivity index is 2.13. The van der Waals surface area contributed by atoms with E-state index in [1.54, 1.807) is 7.11 Å². The summed E-state index contributed by atoms with van der Waals surface area (Å²) in [4.78, 5) is 0. The van der Waals surface area contributed by atoms with Crippen molar-refractivity contribution in [2.75, 3.05) is 20.2 Å². The maximum atomic E-state index is 5.45. The van der Waals surface area contributed by atoms with Crippen LogP contribution in [-0.4, -0.2) is 20.2 Å². The van der Waals surface area contributed by atoms with Gasteiger partial charge in [-0.05, 0) is 61.9 Å². The van der Waals surface area contributed by atoms with Crippen LogP contribution >= 0.6 is 0 Å². The SMILES string of the molecule is CCc1c(CC2CCNCC2)cccc1OC. The van der Waals surface area contributed by atoms with Crippen molar-refractivity contribution in [3.8, 4) is 5.75 Å². The Bertz CT molecular complexity index is 356. The standard InChI is InChI=1S/C15H23NO/c1-3-14-13(5-4-6-15(14)17-2)11-12-7-9-16-10-8-12/h4-6,12,16H,3,7-11H2,1-2H3. The van der Waals surface area contributed by atoms with E-state index in [2.05, 4.69) is 30.4 Å². The summed E-state index contributed by atoms with van der Waals surface area (Å²) in [6, 6.07) is 6.46. The predicted octanol–water partition coefficient (Wildman–Crippen LogP) is 2.80. The molecule has 1 aliphatic rings. The average Bonchev–Trinajstić information content (AvgIpc) is 2.39. The van der Waals surface area contributed by atoms with Gasteiger partial charge >= 0.3 is 0 Å². The first-order valence-electron chi connectivity index (χ1n) is 6.70. The summed E-state index contributed by atoms with van der Waals surface area (Å²) in [5, 5.41) is 3.43. The molecule has 0 atom stereocenters. The molecule has 0 radical (unpaired) electrons. The maximum Gasteiger partial charge on any atom is 0.122 e. The molecule has 0 bridgehead atoms. The van der Waals surface area contributed by atoms with Gasteiger partial charge in [0.2, 0.25) is 0 Å². The highest BCUT2D eigenvalue weighted by Gasteiger charge is 2.16. The zero-order valence-electron chi connectivity index (χ0n) is 11.0. The van der Waals surface area contributed by atoms with Crippen molar-refractivity contribution in [2.24, 2.45) is 5.92 Å². The fourth-order valence-electron chi connectivity index (χ4n) is 2.79. The van der Waals surface area contributed by atoms with Crippen LogP contribution in [0, 0.1) is 5.92 Å². The van der Waals surface area contributed by atoms with E-state index in [1.165, 1.54) is 43.5 Å². The van der Waals surface area contributed by atoms with Gasteiger partial charge in [-0.1, -0.05) is 19.1 Å². The van der Waals surface area contributed by atoms with Gasteiger partial charge in [0, 0.05) is 0 Å². The number of ether oxygens (including phenoxy) is 1. The van der Waals surface area contributed by atoms with E-state index in [9.17, 15) is 0 Å². The van der Waals surface area contributed by atoms with Crippen LogP contribution in [0.4, 0.5) is 0 Å². The van der Waals surface area contributed by atoms with Crippen molar-refractivity contribution in [1.82, 2.24) is 5.32 Å². The molecule has 0 amide bonds. The minimum absolute atomic E-state index is 0.841. The molecule has 1 aromatic rings. The van der Waals surface area contributed by atoms with E-state index >= 15 is 0 Å². The highest BCUT2D eigenvalue weighted by molar-refractivity contribution is 5.40. The molecule has 0 aromatic heterocycles. The topological polar surface area (TPSA) is 21.3 Å². The molecule has 17 heavy (non-hydrogen) atoms. The predicted molar refractivity (Wildman–Crippen MR) is 71.7 cm³/mol.